The average Bonchev–Trinajstić information content (AvgIpc) is 3.15. The second-order valence-corrected chi connectivity index (χ2v) is 7.47. The third kappa shape index (κ3) is 4.71. The molecule has 0 aliphatic heterocycles. The molecule has 3 aromatic rings. The van der Waals surface area contributed by atoms with E-state index >= 15 is 0 Å². The molecule has 6 heteroatoms. The van der Waals surface area contributed by atoms with Crippen LogP contribution in [-0.4, -0.2) is 7.11 Å². The maximum atomic E-state index is 6.24. The van der Waals surface area contributed by atoms with Crippen LogP contribution in [0.4, 0.5) is 0 Å². The minimum absolute atomic E-state index is 0.275. The molecule has 26 heavy (non-hydrogen) atoms. The van der Waals surface area contributed by atoms with Crippen molar-refractivity contribution in [2.75, 3.05) is 7.11 Å². The number of para-hydroxylation sites is 1. The Kier molecular flexibility index (Phi) is 6.80. The van der Waals surface area contributed by atoms with Crippen LogP contribution in [0.1, 0.15) is 16.0 Å². The molecule has 1 aromatic heterocycles. The van der Waals surface area contributed by atoms with Crippen LogP contribution in [0.15, 0.2) is 53.9 Å². The molecule has 0 aliphatic carbocycles. The predicted octanol–water partition coefficient (Wildman–Crippen LogP) is 5.93. The van der Waals surface area contributed by atoms with E-state index in [0.29, 0.717) is 28.1 Å². The molecule has 136 valence electrons. The van der Waals surface area contributed by atoms with Crippen molar-refractivity contribution in [3.8, 4) is 11.5 Å². The molecule has 0 atom stereocenters. The van der Waals surface area contributed by atoms with Gasteiger partial charge in [-0.05, 0) is 29.6 Å². The molecule has 0 amide bonds. The number of hydrogen-bond acceptors (Lipinski definition) is 4. The Bertz CT molecular complexity index is 833. The Hall–Kier alpha value is -1.72. The summed E-state index contributed by atoms with van der Waals surface area (Å²) >= 11 is 14.2. The molecule has 1 heterocycles. The fourth-order valence-electron chi connectivity index (χ4n) is 2.57. The van der Waals surface area contributed by atoms with Crippen LogP contribution < -0.4 is 14.8 Å². The van der Waals surface area contributed by atoms with E-state index in [9.17, 15) is 0 Å². The van der Waals surface area contributed by atoms with Gasteiger partial charge in [0.25, 0.3) is 0 Å². The van der Waals surface area contributed by atoms with Crippen molar-refractivity contribution >= 4 is 34.5 Å². The smallest absolute Gasteiger partial charge is 0.166 e. The fourth-order valence-corrected chi connectivity index (χ4v) is 3.75. The van der Waals surface area contributed by atoms with E-state index < -0.39 is 0 Å². The topological polar surface area (TPSA) is 30.5 Å². The highest BCUT2D eigenvalue weighted by Crippen LogP contribution is 2.33. The van der Waals surface area contributed by atoms with Crippen molar-refractivity contribution in [1.29, 1.82) is 0 Å². The van der Waals surface area contributed by atoms with Gasteiger partial charge in [0.1, 0.15) is 6.61 Å². The Morgan fingerprint density at radius 1 is 0.962 bits per heavy atom. The summed E-state index contributed by atoms with van der Waals surface area (Å²) in [5.41, 5.74) is 1.78. The van der Waals surface area contributed by atoms with Crippen molar-refractivity contribution in [2.45, 2.75) is 19.7 Å². The van der Waals surface area contributed by atoms with E-state index in [1.54, 1.807) is 30.6 Å². The molecular weight excluding hydrogens is 389 g/mol. The fraction of sp³-hybridized carbons (Fsp3) is 0.200. The highest BCUT2D eigenvalue weighted by molar-refractivity contribution is 7.09. The lowest BCUT2D eigenvalue weighted by Crippen LogP contribution is -2.13. The second kappa shape index (κ2) is 9.28. The highest BCUT2D eigenvalue weighted by Gasteiger charge is 2.13. The van der Waals surface area contributed by atoms with Gasteiger partial charge >= 0.3 is 0 Å². The van der Waals surface area contributed by atoms with E-state index in [1.165, 1.54) is 4.88 Å². The highest BCUT2D eigenvalue weighted by atomic mass is 35.5. The van der Waals surface area contributed by atoms with E-state index in [1.807, 2.05) is 24.3 Å². The lowest BCUT2D eigenvalue weighted by molar-refractivity contribution is 0.281. The molecule has 0 radical (unpaired) electrons. The number of methoxy groups -OCH3 is 1. The van der Waals surface area contributed by atoms with Gasteiger partial charge in [0, 0.05) is 39.1 Å². The molecule has 0 spiro atoms. The van der Waals surface area contributed by atoms with Gasteiger partial charge in [0.15, 0.2) is 11.5 Å². The zero-order valence-electron chi connectivity index (χ0n) is 14.3. The molecule has 0 bridgehead atoms. The number of benzene rings is 2. The van der Waals surface area contributed by atoms with Crippen molar-refractivity contribution in [1.82, 2.24) is 5.32 Å². The van der Waals surface area contributed by atoms with Crippen molar-refractivity contribution in [2.24, 2.45) is 0 Å². The molecule has 1 N–H and O–H groups in total. The molecule has 0 fully saturated rings. The summed E-state index contributed by atoms with van der Waals surface area (Å²) < 4.78 is 11.5. The Labute approximate surface area is 167 Å². The summed E-state index contributed by atoms with van der Waals surface area (Å²) in [5.74, 6) is 1.38. The third-order valence-electron chi connectivity index (χ3n) is 3.90. The van der Waals surface area contributed by atoms with Crippen LogP contribution in [0, 0.1) is 0 Å². The van der Waals surface area contributed by atoms with Gasteiger partial charge < -0.3 is 14.8 Å². The molecule has 3 rings (SSSR count). The first-order valence-electron chi connectivity index (χ1n) is 8.13. The first-order valence-corrected chi connectivity index (χ1v) is 9.77. The summed E-state index contributed by atoms with van der Waals surface area (Å²) in [6, 6.07) is 15.4. The van der Waals surface area contributed by atoms with Crippen LogP contribution in [-0.2, 0) is 19.7 Å². The largest absolute Gasteiger partial charge is 0.493 e. The molecule has 0 saturated heterocycles. The number of halogens is 2. The van der Waals surface area contributed by atoms with E-state index in [0.717, 1.165) is 17.7 Å². The Morgan fingerprint density at radius 2 is 1.73 bits per heavy atom. The summed E-state index contributed by atoms with van der Waals surface area (Å²) in [7, 11) is 1.63. The van der Waals surface area contributed by atoms with Crippen LogP contribution in [0.2, 0.25) is 10.0 Å². The summed E-state index contributed by atoms with van der Waals surface area (Å²) in [6.45, 7) is 1.75. The van der Waals surface area contributed by atoms with Crippen LogP contribution >= 0.6 is 34.5 Å². The first-order chi connectivity index (χ1) is 12.7. The summed E-state index contributed by atoms with van der Waals surface area (Å²) in [4.78, 5) is 1.29. The van der Waals surface area contributed by atoms with Gasteiger partial charge in [-0.25, -0.2) is 0 Å². The maximum Gasteiger partial charge on any atom is 0.166 e. The summed E-state index contributed by atoms with van der Waals surface area (Å²) in [6.07, 6.45) is 0. The van der Waals surface area contributed by atoms with Gasteiger partial charge in [-0.15, -0.1) is 11.3 Å². The molecular formula is C20H19Cl2NO2S. The van der Waals surface area contributed by atoms with Gasteiger partial charge in [0.05, 0.1) is 7.11 Å². The lowest BCUT2D eigenvalue weighted by atomic mass is 10.1. The lowest BCUT2D eigenvalue weighted by Gasteiger charge is -2.16. The predicted molar refractivity (Wildman–Crippen MR) is 109 cm³/mol. The number of hydrogen-bond donors (Lipinski definition) is 1. The zero-order valence-corrected chi connectivity index (χ0v) is 16.6. The Balaban J connectivity index is 1.74. The monoisotopic (exact) mass is 407 g/mol. The van der Waals surface area contributed by atoms with Gasteiger partial charge in [0.2, 0.25) is 0 Å². The standard InChI is InChI=1S/C20H19Cl2NO2S/c1-24-19-9-2-5-14(11-23-12-15-6-4-10-26-15)20(19)25-13-16-17(21)7-3-8-18(16)22/h2-10,23H,11-13H2,1H3. The normalized spacial score (nSPS) is 10.7. The van der Waals surface area contributed by atoms with E-state index in [4.69, 9.17) is 32.7 Å². The van der Waals surface area contributed by atoms with Crippen molar-refractivity contribution in [3.63, 3.8) is 0 Å². The average molecular weight is 408 g/mol. The van der Waals surface area contributed by atoms with Gasteiger partial charge in [-0.3, -0.25) is 0 Å². The molecule has 0 unspecified atom stereocenters. The Morgan fingerprint density at radius 3 is 2.42 bits per heavy atom. The number of thiophene rings is 1. The second-order valence-electron chi connectivity index (χ2n) is 5.62. The molecule has 0 aliphatic rings. The third-order valence-corrected chi connectivity index (χ3v) is 5.48. The van der Waals surface area contributed by atoms with Gasteiger partial charge in [-0.2, -0.15) is 0 Å². The van der Waals surface area contributed by atoms with Crippen molar-refractivity contribution in [3.05, 3.63) is 80.0 Å². The van der Waals surface area contributed by atoms with Crippen LogP contribution in [0.25, 0.3) is 0 Å². The quantitative estimate of drug-likeness (QED) is 0.501. The van der Waals surface area contributed by atoms with E-state index in [2.05, 4.69) is 22.8 Å². The van der Waals surface area contributed by atoms with Gasteiger partial charge in [-0.1, -0.05) is 47.5 Å². The summed E-state index contributed by atoms with van der Waals surface area (Å²) in [5, 5.41) is 6.69. The number of nitrogens with one attached hydrogen (secondary N) is 1. The minimum Gasteiger partial charge on any atom is -0.493 e. The van der Waals surface area contributed by atoms with Crippen LogP contribution in [0.3, 0.4) is 0 Å². The van der Waals surface area contributed by atoms with Crippen molar-refractivity contribution < 1.29 is 9.47 Å². The minimum atomic E-state index is 0.275. The number of rotatable bonds is 8. The van der Waals surface area contributed by atoms with Crippen LogP contribution in [0.5, 0.6) is 11.5 Å². The van der Waals surface area contributed by atoms with E-state index in [-0.39, 0.29) is 6.61 Å². The molecule has 2 aromatic carbocycles. The SMILES string of the molecule is COc1cccc(CNCc2cccs2)c1OCc1c(Cl)cccc1Cl. The first kappa shape index (κ1) is 19.1. The zero-order chi connectivity index (χ0) is 18.4. The number of ether oxygens (including phenoxy) is 2. The maximum absolute atomic E-state index is 6.24. The molecule has 0 saturated carbocycles. The molecule has 3 nitrogen and oxygen atoms in total.